The van der Waals surface area contributed by atoms with E-state index >= 15 is 0 Å². The van der Waals surface area contributed by atoms with E-state index in [1.54, 1.807) is 44.4 Å². The third kappa shape index (κ3) is 5.62. The minimum absolute atomic E-state index is 0.195. The first kappa shape index (κ1) is 20.6. The van der Waals surface area contributed by atoms with Gasteiger partial charge in [0.1, 0.15) is 11.5 Å². The molecule has 0 aliphatic rings. The number of hydrogen-bond donors (Lipinski definition) is 1. The molecule has 0 unspecified atom stereocenters. The quantitative estimate of drug-likeness (QED) is 0.678. The van der Waals surface area contributed by atoms with Gasteiger partial charge in [-0.15, -0.1) is 0 Å². The molecule has 0 fully saturated rings. The van der Waals surface area contributed by atoms with Crippen molar-refractivity contribution < 1.29 is 23.8 Å². The van der Waals surface area contributed by atoms with Crippen molar-refractivity contribution in [2.75, 3.05) is 19.0 Å². The van der Waals surface area contributed by atoms with Gasteiger partial charge in [0.15, 0.2) is 6.10 Å². The lowest BCUT2D eigenvalue weighted by atomic mass is 10.2. The van der Waals surface area contributed by atoms with E-state index in [1.165, 1.54) is 12.1 Å². The van der Waals surface area contributed by atoms with E-state index in [4.69, 9.17) is 25.8 Å². The van der Waals surface area contributed by atoms with Crippen molar-refractivity contribution >= 4 is 29.2 Å². The SMILES string of the molecule is CCOC(=O)c1cc(NC(=O)[C@H](CC)Oc2ccc(OC)cc2)ccc1Cl. The lowest BCUT2D eigenvalue weighted by Gasteiger charge is -2.18. The molecule has 0 saturated carbocycles. The summed E-state index contributed by atoms with van der Waals surface area (Å²) in [5, 5.41) is 3.00. The van der Waals surface area contributed by atoms with Crippen LogP contribution < -0.4 is 14.8 Å². The van der Waals surface area contributed by atoms with Crippen molar-refractivity contribution in [1.82, 2.24) is 0 Å². The molecule has 0 saturated heterocycles. The van der Waals surface area contributed by atoms with E-state index < -0.39 is 12.1 Å². The lowest BCUT2D eigenvalue weighted by Crippen LogP contribution is -2.32. The minimum Gasteiger partial charge on any atom is -0.497 e. The average molecular weight is 392 g/mol. The molecule has 7 heteroatoms. The molecule has 0 aliphatic carbocycles. The van der Waals surface area contributed by atoms with Gasteiger partial charge in [0.05, 0.1) is 24.3 Å². The monoisotopic (exact) mass is 391 g/mol. The van der Waals surface area contributed by atoms with E-state index in [0.29, 0.717) is 23.6 Å². The van der Waals surface area contributed by atoms with Gasteiger partial charge in [0.25, 0.3) is 5.91 Å². The summed E-state index contributed by atoms with van der Waals surface area (Å²) in [7, 11) is 1.58. The van der Waals surface area contributed by atoms with Gasteiger partial charge in [-0.1, -0.05) is 18.5 Å². The normalized spacial score (nSPS) is 11.4. The molecule has 6 nitrogen and oxygen atoms in total. The van der Waals surface area contributed by atoms with Crippen molar-refractivity contribution in [3.05, 3.63) is 53.1 Å². The van der Waals surface area contributed by atoms with E-state index in [2.05, 4.69) is 5.32 Å². The second-order valence-electron chi connectivity index (χ2n) is 5.59. The Morgan fingerprint density at radius 2 is 1.74 bits per heavy atom. The standard InChI is InChI=1S/C20H22ClNO5/c1-4-18(27-15-9-7-14(25-3)8-10-15)19(23)22-13-6-11-17(21)16(12-13)20(24)26-5-2/h6-12,18H,4-5H2,1-3H3,(H,22,23)/t18-/m0/s1. The molecule has 144 valence electrons. The highest BCUT2D eigenvalue weighted by atomic mass is 35.5. The predicted octanol–water partition coefficient (Wildman–Crippen LogP) is 4.32. The summed E-state index contributed by atoms with van der Waals surface area (Å²) in [5.74, 6) is 0.388. The summed E-state index contributed by atoms with van der Waals surface area (Å²) < 4.78 is 15.8. The van der Waals surface area contributed by atoms with Crippen LogP contribution in [0.3, 0.4) is 0 Å². The van der Waals surface area contributed by atoms with Gasteiger partial charge in [-0.3, -0.25) is 4.79 Å². The lowest BCUT2D eigenvalue weighted by molar-refractivity contribution is -0.122. The second kappa shape index (κ2) is 9.83. The Kier molecular flexibility index (Phi) is 7.49. The fraction of sp³-hybridized carbons (Fsp3) is 0.300. The summed E-state index contributed by atoms with van der Waals surface area (Å²) in [6.07, 6.45) is -0.226. The molecular formula is C20H22ClNO5. The summed E-state index contributed by atoms with van der Waals surface area (Å²) in [6.45, 7) is 3.79. The van der Waals surface area contributed by atoms with Crippen molar-refractivity contribution in [2.24, 2.45) is 0 Å². The summed E-state index contributed by atoms with van der Waals surface area (Å²) in [4.78, 5) is 24.5. The fourth-order valence-corrected chi connectivity index (χ4v) is 2.53. The van der Waals surface area contributed by atoms with Crippen molar-refractivity contribution in [3.8, 4) is 11.5 Å². The number of amides is 1. The van der Waals surface area contributed by atoms with E-state index in [1.807, 2.05) is 6.92 Å². The molecule has 1 amide bonds. The third-order valence-corrected chi connectivity index (χ3v) is 4.06. The Morgan fingerprint density at radius 1 is 1.07 bits per heavy atom. The number of benzene rings is 2. The minimum atomic E-state index is -0.694. The van der Waals surface area contributed by atoms with Gasteiger partial charge in [0.2, 0.25) is 0 Å². The number of anilines is 1. The molecule has 1 atom stereocenters. The highest BCUT2D eigenvalue weighted by Crippen LogP contribution is 2.23. The van der Waals surface area contributed by atoms with Gasteiger partial charge in [-0.25, -0.2) is 4.79 Å². The molecule has 27 heavy (non-hydrogen) atoms. The maximum absolute atomic E-state index is 12.6. The average Bonchev–Trinajstić information content (AvgIpc) is 2.68. The zero-order chi connectivity index (χ0) is 19.8. The number of esters is 1. The molecule has 2 aromatic rings. The van der Waals surface area contributed by atoms with Crippen LogP contribution in [0.25, 0.3) is 0 Å². The summed E-state index contributed by atoms with van der Waals surface area (Å²) in [5.41, 5.74) is 0.629. The van der Waals surface area contributed by atoms with Crippen LogP contribution in [0.1, 0.15) is 30.6 Å². The maximum atomic E-state index is 12.6. The topological polar surface area (TPSA) is 73.9 Å². The Bertz CT molecular complexity index is 791. The second-order valence-corrected chi connectivity index (χ2v) is 6.00. The van der Waals surface area contributed by atoms with Gasteiger partial charge in [0, 0.05) is 5.69 Å². The Labute approximate surface area is 163 Å². The van der Waals surface area contributed by atoms with Gasteiger partial charge < -0.3 is 19.5 Å². The molecule has 2 rings (SSSR count). The maximum Gasteiger partial charge on any atom is 0.339 e. The van der Waals surface area contributed by atoms with Crippen molar-refractivity contribution in [2.45, 2.75) is 26.4 Å². The molecule has 1 N–H and O–H groups in total. The number of nitrogens with one attached hydrogen (secondary N) is 1. The summed E-state index contributed by atoms with van der Waals surface area (Å²) in [6, 6.07) is 11.6. The van der Waals surface area contributed by atoms with E-state index in [-0.39, 0.29) is 23.1 Å². The number of hydrogen-bond acceptors (Lipinski definition) is 5. The van der Waals surface area contributed by atoms with Crippen LogP contribution in [0.4, 0.5) is 5.69 Å². The zero-order valence-corrected chi connectivity index (χ0v) is 16.2. The highest BCUT2D eigenvalue weighted by molar-refractivity contribution is 6.33. The first-order valence-corrected chi connectivity index (χ1v) is 8.94. The zero-order valence-electron chi connectivity index (χ0n) is 15.5. The predicted molar refractivity (Wildman–Crippen MR) is 104 cm³/mol. The van der Waals surface area contributed by atoms with Crippen LogP contribution >= 0.6 is 11.6 Å². The number of rotatable bonds is 8. The molecular weight excluding hydrogens is 370 g/mol. The molecule has 0 radical (unpaired) electrons. The Balaban J connectivity index is 2.09. The molecule has 0 spiro atoms. The van der Waals surface area contributed by atoms with Crippen LogP contribution in [0.15, 0.2) is 42.5 Å². The van der Waals surface area contributed by atoms with Crippen molar-refractivity contribution in [1.29, 1.82) is 0 Å². The largest absolute Gasteiger partial charge is 0.497 e. The first-order valence-electron chi connectivity index (χ1n) is 8.56. The fourth-order valence-electron chi connectivity index (χ4n) is 2.33. The summed E-state index contributed by atoms with van der Waals surface area (Å²) >= 11 is 6.04. The molecule has 0 aromatic heterocycles. The van der Waals surface area contributed by atoms with E-state index in [0.717, 1.165) is 0 Å². The number of methoxy groups -OCH3 is 1. The van der Waals surface area contributed by atoms with Crippen LogP contribution in [0, 0.1) is 0 Å². The van der Waals surface area contributed by atoms with Crippen LogP contribution in [0.5, 0.6) is 11.5 Å². The molecule has 0 heterocycles. The number of carbonyl (C=O) groups is 2. The third-order valence-electron chi connectivity index (χ3n) is 3.73. The smallest absolute Gasteiger partial charge is 0.339 e. The van der Waals surface area contributed by atoms with Crippen LogP contribution in [0.2, 0.25) is 5.02 Å². The number of halogens is 1. The van der Waals surface area contributed by atoms with Gasteiger partial charge in [-0.2, -0.15) is 0 Å². The Hall–Kier alpha value is -2.73. The van der Waals surface area contributed by atoms with E-state index in [9.17, 15) is 9.59 Å². The van der Waals surface area contributed by atoms with Crippen LogP contribution in [-0.4, -0.2) is 31.7 Å². The van der Waals surface area contributed by atoms with Gasteiger partial charge in [-0.05, 0) is 55.8 Å². The first-order chi connectivity index (χ1) is 13.0. The number of carbonyl (C=O) groups excluding carboxylic acids is 2. The molecule has 0 aliphatic heterocycles. The molecule has 2 aromatic carbocycles. The highest BCUT2D eigenvalue weighted by Gasteiger charge is 2.20. The van der Waals surface area contributed by atoms with Gasteiger partial charge >= 0.3 is 5.97 Å². The number of ether oxygens (including phenoxy) is 3. The van der Waals surface area contributed by atoms with Crippen molar-refractivity contribution in [3.63, 3.8) is 0 Å². The molecule has 0 bridgehead atoms. The van der Waals surface area contributed by atoms with Crippen LogP contribution in [-0.2, 0) is 9.53 Å². The Morgan fingerprint density at radius 3 is 2.33 bits per heavy atom.